The molecule has 1 aliphatic carbocycles. The van der Waals surface area contributed by atoms with E-state index in [1.807, 2.05) is 59.0 Å². The van der Waals surface area contributed by atoms with Crippen molar-refractivity contribution >= 4 is 61.0 Å². The van der Waals surface area contributed by atoms with Crippen molar-refractivity contribution in [2.45, 2.75) is 6.04 Å². The molecule has 2 aromatic heterocycles. The molecule has 0 radical (unpaired) electrons. The van der Waals surface area contributed by atoms with E-state index in [1.54, 1.807) is 42.5 Å². The Morgan fingerprint density at radius 3 is 2.20 bits per heavy atom. The van der Waals surface area contributed by atoms with E-state index in [-0.39, 0.29) is 22.4 Å². The molecule has 2 atom stereocenters. The Bertz CT molecular complexity index is 2380. The van der Waals surface area contributed by atoms with Gasteiger partial charge in [-0.1, -0.05) is 48.6 Å². The van der Waals surface area contributed by atoms with E-state index in [4.69, 9.17) is 0 Å². The van der Waals surface area contributed by atoms with Crippen LogP contribution in [-0.4, -0.2) is 22.0 Å². The minimum atomic E-state index is -0.495. The highest BCUT2D eigenvalue weighted by Gasteiger charge is 2.48. The molecule has 0 amide bonds. The van der Waals surface area contributed by atoms with Crippen molar-refractivity contribution in [1.82, 2.24) is 4.40 Å². The molecule has 0 fully saturated rings. The predicted octanol–water partition coefficient (Wildman–Crippen LogP) is 5.57. The van der Waals surface area contributed by atoms with Gasteiger partial charge in [0.1, 0.15) is 0 Å². The summed E-state index contributed by atoms with van der Waals surface area (Å²) in [6.07, 6.45) is 5.44. The fourth-order valence-corrected chi connectivity index (χ4v) is 7.07. The van der Waals surface area contributed by atoms with Crippen LogP contribution in [0, 0.1) is 5.92 Å². The smallest absolute Gasteiger partial charge is 0.197 e. The Balaban J connectivity index is 1.51. The van der Waals surface area contributed by atoms with Crippen LogP contribution in [0.1, 0.15) is 20.7 Å². The first-order valence-electron chi connectivity index (χ1n) is 13.2. The van der Waals surface area contributed by atoms with Crippen molar-refractivity contribution in [3.05, 3.63) is 134 Å². The molecule has 6 heteroatoms. The monoisotopic (exact) mass is 518 g/mol. The number of hydrogen-bond acceptors (Lipinski definition) is 5. The summed E-state index contributed by atoms with van der Waals surface area (Å²) in [4.78, 5) is 57.0. The van der Waals surface area contributed by atoms with Crippen molar-refractivity contribution in [3.8, 4) is 0 Å². The van der Waals surface area contributed by atoms with E-state index in [0.29, 0.717) is 60.5 Å². The molecule has 188 valence electrons. The number of para-hydroxylation sites is 3. The van der Waals surface area contributed by atoms with Crippen LogP contribution >= 0.6 is 0 Å². The van der Waals surface area contributed by atoms with Crippen LogP contribution < -0.4 is 15.8 Å². The number of Topliss-reactive ketones (excluding diaryl/α,β-unsaturated/α-hetero) is 2. The lowest BCUT2D eigenvalue weighted by atomic mass is 9.73. The molecule has 40 heavy (non-hydrogen) atoms. The maximum absolute atomic E-state index is 14.0. The first-order chi connectivity index (χ1) is 19.5. The molecule has 0 spiro atoms. The Hall–Kier alpha value is -5.36. The van der Waals surface area contributed by atoms with E-state index >= 15 is 0 Å². The van der Waals surface area contributed by atoms with Crippen LogP contribution in [0.3, 0.4) is 0 Å². The molecule has 0 bridgehead atoms. The van der Waals surface area contributed by atoms with Crippen molar-refractivity contribution in [2.75, 3.05) is 4.90 Å². The van der Waals surface area contributed by atoms with Crippen LogP contribution in [0.15, 0.2) is 112 Å². The molecule has 2 unspecified atom stereocenters. The van der Waals surface area contributed by atoms with Gasteiger partial charge in [-0.3, -0.25) is 19.2 Å². The summed E-state index contributed by atoms with van der Waals surface area (Å²) in [7, 11) is 0. The molecule has 4 heterocycles. The van der Waals surface area contributed by atoms with Gasteiger partial charge in [-0.05, 0) is 48.5 Å². The Morgan fingerprint density at radius 1 is 0.625 bits per heavy atom. The lowest BCUT2D eigenvalue weighted by Gasteiger charge is -2.47. The highest BCUT2D eigenvalue weighted by Crippen LogP contribution is 2.49. The summed E-state index contributed by atoms with van der Waals surface area (Å²) in [6.45, 7) is 0. The molecular weight excluding hydrogens is 500 g/mol. The van der Waals surface area contributed by atoms with Crippen LogP contribution in [-0.2, 0) is 0 Å². The van der Waals surface area contributed by atoms with Crippen LogP contribution in [0.2, 0.25) is 0 Å². The minimum Gasteiger partial charge on any atom is -0.331 e. The summed E-state index contributed by atoms with van der Waals surface area (Å²) in [6, 6.07) is 23.2. The first-order valence-corrected chi connectivity index (χ1v) is 13.2. The summed E-state index contributed by atoms with van der Waals surface area (Å²) in [5.74, 6) is -0.683. The number of pyridine rings is 2. The lowest BCUT2D eigenvalue weighted by molar-refractivity contribution is 0.0919. The Labute approximate surface area is 226 Å². The number of benzene rings is 4. The number of carbonyl (C=O) groups is 2. The zero-order chi connectivity index (χ0) is 26.9. The third-order valence-electron chi connectivity index (χ3n) is 8.77. The van der Waals surface area contributed by atoms with Gasteiger partial charge in [0.15, 0.2) is 22.4 Å². The summed E-state index contributed by atoms with van der Waals surface area (Å²) in [5, 5.41) is 1.87. The maximum Gasteiger partial charge on any atom is 0.197 e. The number of hydrogen-bond donors (Lipinski definition) is 0. The number of aromatic nitrogens is 1. The molecule has 0 saturated heterocycles. The van der Waals surface area contributed by atoms with Gasteiger partial charge in [0.2, 0.25) is 0 Å². The number of fused-ring (bicyclic) bond motifs is 8. The van der Waals surface area contributed by atoms with Crippen LogP contribution in [0.4, 0.5) is 11.4 Å². The molecule has 6 nitrogen and oxygen atoms in total. The Morgan fingerprint density at radius 2 is 1.35 bits per heavy atom. The van der Waals surface area contributed by atoms with Crippen molar-refractivity contribution in [1.29, 1.82) is 0 Å². The number of rotatable bonds is 0. The average Bonchev–Trinajstić information content (AvgIpc) is 3.00. The molecular formula is C34H18N2O4. The standard InChI is InChI=1S/C34H18N2O4/c37-31-17-7-1-3-13-25(17)35-27-16-28-24(15-23(27)33(39)21-11-5-9-19(31)29(21)35)34(40)22-12-6-10-20-30(22)36(28)26-14-4-2-8-18(26)32(20)38/h1-16,19,29H. The maximum atomic E-state index is 14.0. The van der Waals surface area contributed by atoms with E-state index in [0.717, 1.165) is 5.69 Å². The van der Waals surface area contributed by atoms with Gasteiger partial charge in [-0.25, -0.2) is 0 Å². The van der Waals surface area contributed by atoms with E-state index in [9.17, 15) is 19.2 Å². The quantitative estimate of drug-likeness (QED) is 0.194. The van der Waals surface area contributed by atoms with E-state index in [2.05, 4.69) is 4.90 Å². The summed E-state index contributed by atoms with van der Waals surface area (Å²) < 4.78 is 1.98. The Kier molecular flexibility index (Phi) is 3.87. The van der Waals surface area contributed by atoms with Crippen molar-refractivity contribution < 1.29 is 9.59 Å². The molecule has 3 aliphatic rings. The molecule has 4 aromatic carbocycles. The number of carbonyl (C=O) groups excluding carboxylic acids is 2. The molecule has 0 N–H and O–H groups in total. The van der Waals surface area contributed by atoms with E-state index < -0.39 is 12.0 Å². The second kappa shape index (κ2) is 7.18. The van der Waals surface area contributed by atoms with Crippen molar-refractivity contribution in [2.24, 2.45) is 5.92 Å². The van der Waals surface area contributed by atoms with Gasteiger partial charge < -0.3 is 9.30 Å². The third kappa shape index (κ3) is 2.40. The van der Waals surface area contributed by atoms with Crippen LogP contribution in [0.25, 0.3) is 38.1 Å². The topological polar surface area (TPSA) is 75.9 Å². The molecule has 6 aromatic rings. The van der Waals surface area contributed by atoms with Crippen LogP contribution in [0.5, 0.6) is 0 Å². The van der Waals surface area contributed by atoms with Gasteiger partial charge >= 0.3 is 0 Å². The molecule has 9 rings (SSSR count). The number of allylic oxidation sites excluding steroid dienone is 2. The van der Waals surface area contributed by atoms with Gasteiger partial charge in [0.25, 0.3) is 0 Å². The van der Waals surface area contributed by atoms with Gasteiger partial charge in [-0.2, -0.15) is 0 Å². The third-order valence-corrected chi connectivity index (χ3v) is 8.77. The summed E-state index contributed by atoms with van der Waals surface area (Å²) >= 11 is 0. The predicted molar refractivity (Wildman–Crippen MR) is 155 cm³/mol. The lowest BCUT2D eigenvalue weighted by Crippen LogP contribution is -2.51. The largest absolute Gasteiger partial charge is 0.331 e. The van der Waals surface area contributed by atoms with E-state index in [1.165, 1.54) is 0 Å². The summed E-state index contributed by atoms with van der Waals surface area (Å²) in [5.41, 5.74) is 4.48. The average molecular weight is 519 g/mol. The fourth-order valence-electron chi connectivity index (χ4n) is 7.07. The normalized spacial score (nSPS) is 19.3. The number of nitrogens with zero attached hydrogens (tertiary/aromatic N) is 2. The second-order valence-corrected chi connectivity index (χ2v) is 10.7. The fraction of sp³-hybridized carbons (Fsp3) is 0.0588. The molecule has 2 aliphatic heterocycles. The van der Waals surface area contributed by atoms with Crippen molar-refractivity contribution in [3.63, 3.8) is 0 Å². The zero-order valence-corrected chi connectivity index (χ0v) is 20.9. The number of anilines is 2. The SMILES string of the molecule is O=C1C2=CC=CC3C(=O)c4ccccc4N(c4cc5c(cc41)c(=O)c1cccc4c(=O)c6ccccc6n5c41)C23. The first kappa shape index (κ1) is 21.6. The van der Waals surface area contributed by atoms with Gasteiger partial charge in [0.05, 0.1) is 39.9 Å². The second-order valence-electron chi connectivity index (χ2n) is 10.7. The minimum absolute atomic E-state index is 0.00914. The highest BCUT2D eigenvalue weighted by molar-refractivity contribution is 6.22. The van der Waals surface area contributed by atoms with Gasteiger partial charge in [-0.15, -0.1) is 0 Å². The van der Waals surface area contributed by atoms with Gasteiger partial charge in [0, 0.05) is 38.2 Å². The molecule has 0 saturated carbocycles. The zero-order valence-electron chi connectivity index (χ0n) is 20.9. The number of ketones is 2. The highest BCUT2D eigenvalue weighted by atomic mass is 16.1.